The fourth-order valence-corrected chi connectivity index (χ4v) is 2.58. The number of hydrogen-bond acceptors (Lipinski definition) is 2. The van der Waals surface area contributed by atoms with E-state index in [1.54, 1.807) is 6.07 Å². The van der Waals surface area contributed by atoms with Crippen molar-refractivity contribution in [3.63, 3.8) is 0 Å². The molecular weight excluding hydrogens is 324 g/mol. The van der Waals surface area contributed by atoms with Gasteiger partial charge in [-0.15, -0.1) is 0 Å². The highest BCUT2D eigenvalue weighted by Gasteiger charge is 2.01. The molecule has 0 heterocycles. The van der Waals surface area contributed by atoms with Gasteiger partial charge in [0.1, 0.15) is 0 Å². The van der Waals surface area contributed by atoms with Crippen LogP contribution < -0.4 is 5.32 Å². The van der Waals surface area contributed by atoms with E-state index in [1.165, 1.54) is 0 Å². The standard InChI is InChI=1S/C15H12BrClN2/c16-15-7-14(17)5-4-13(15)10-19-9-12-3-1-2-11(6-12)8-18/h1-7,19H,9-10H2. The van der Waals surface area contributed by atoms with Crippen LogP contribution in [-0.4, -0.2) is 0 Å². The van der Waals surface area contributed by atoms with Crippen molar-refractivity contribution in [3.05, 3.63) is 68.7 Å². The van der Waals surface area contributed by atoms with Crippen molar-refractivity contribution >= 4 is 27.5 Å². The van der Waals surface area contributed by atoms with Gasteiger partial charge < -0.3 is 5.32 Å². The predicted molar refractivity (Wildman–Crippen MR) is 80.9 cm³/mol. The van der Waals surface area contributed by atoms with Crippen LogP contribution in [0.5, 0.6) is 0 Å². The van der Waals surface area contributed by atoms with E-state index in [2.05, 4.69) is 27.3 Å². The van der Waals surface area contributed by atoms with Crippen LogP contribution in [0.25, 0.3) is 0 Å². The largest absolute Gasteiger partial charge is 0.309 e. The molecule has 19 heavy (non-hydrogen) atoms. The SMILES string of the molecule is N#Cc1cccc(CNCc2ccc(Cl)cc2Br)c1. The maximum Gasteiger partial charge on any atom is 0.0991 e. The minimum atomic E-state index is 0.687. The first-order valence-electron chi connectivity index (χ1n) is 5.83. The lowest BCUT2D eigenvalue weighted by atomic mass is 10.1. The molecule has 0 unspecified atom stereocenters. The molecule has 0 aliphatic heterocycles. The Morgan fingerprint density at radius 1 is 1.16 bits per heavy atom. The fraction of sp³-hybridized carbons (Fsp3) is 0.133. The Kier molecular flexibility index (Phi) is 4.98. The minimum absolute atomic E-state index is 0.687. The maximum absolute atomic E-state index is 8.84. The Balaban J connectivity index is 1.94. The molecule has 0 aromatic heterocycles. The quantitative estimate of drug-likeness (QED) is 0.906. The fourth-order valence-electron chi connectivity index (χ4n) is 1.76. The Hall–Kier alpha value is -1.34. The van der Waals surface area contributed by atoms with Gasteiger partial charge in [-0.2, -0.15) is 5.26 Å². The lowest BCUT2D eigenvalue weighted by Crippen LogP contribution is -2.13. The summed E-state index contributed by atoms with van der Waals surface area (Å²) in [6.45, 7) is 1.47. The summed E-state index contributed by atoms with van der Waals surface area (Å²) in [4.78, 5) is 0. The highest BCUT2D eigenvalue weighted by Crippen LogP contribution is 2.21. The van der Waals surface area contributed by atoms with Gasteiger partial charge >= 0.3 is 0 Å². The van der Waals surface area contributed by atoms with Crippen molar-refractivity contribution in [3.8, 4) is 6.07 Å². The number of halogens is 2. The van der Waals surface area contributed by atoms with E-state index in [1.807, 2.05) is 36.4 Å². The monoisotopic (exact) mass is 334 g/mol. The Morgan fingerprint density at radius 2 is 2.00 bits per heavy atom. The van der Waals surface area contributed by atoms with E-state index in [0.29, 0.717) is 5.56 Å². The summed E-state index contributed by atoms with van der Waals surface area (Å²) in [5, 5.41) is 12.9. The summed E-state index contributed by atoms with van der Waals surface area (Å²) in [7, 11) is 0. The Morgan fingerprint density at radius 3 is 2.74 bits per heavy atom. The molecule has 0 atom stereocenters. The lowest BCUT2D eigenvalue weighted by molar-refractivity contribution is 0.691. The van der Waals surface area contributed by atoms with E-state index in [4.69, 9.17) is 16.9 Å². The molecule has 0 spiro atoms. The third-order valence-electron chi connectivity index (χ3n) is 2.72. The van der Waals surface area contributed by atoms with Gasteiger partial charge in [0.2, 0.25) is 0 Å². The molecule has 4 heteroatoms. The van der Waals surface area contributed by atoms with Gasteiger partial charge in [-0.3, -0.25) is 0 Å². The average molecular weight is 336 g/mol. The van der Waals surface area contributed by atoms with Gasteiger partial charge in [0.25, 0.3) is 0 Å². The van der Waals surface area contributed by atoms with Gasteiger partial charge in [-0.25, -0.2) is 0 Å². The van der Waals surface area contributed by atoms with Crippen LogP contribution in [0, 0.1) is 11.3 Å². The second-order valence-electron chi connectivity index (χ2n) is 4.15. The zero-order chi connectivity index (χ0) is 13.7. The van der Waals surface area contributed by atoms with Crippen LogP contribution in [0.2, 0.25) is 5.02 Å². The third kappa shape index (κ3) is 4.07. The van der Waals surface area contributed by atoms with Crippen LogP contribution in [0.3, 0.4) is 0 Å². The first-order chi connectivity index (χ1) is 9.19. The summed E-state index contributed by atoms with van der Waals surface area (Å²) in [5.74, 6) is 0. The van der Waals surface area contributed by atoms with E-state index < -0.39 is 0 Å². The lowest BCUT2D eigenvalue weighted by Gasteiger charge is -2.07. The second-order valence-corrected chi connectivity index (χ2v) is 5.44. The molecule has 2 nitrogen and oxygen atoms in total. The third-order valence-corrected chi connectivity index (χ3v) is 3.69. The van der Waals surface area contributed by atoms with Crippen molar-refractivity contribution in [2.24, 2.45) is 0 Å². The van der Waals surface area contributed by atoms with Crippen LogP contribution in [0.1, 0.15) is 16.7 Å². The molecule has 0 radical (unpaired) electrons. The first-order valence-corrected chi connectivity index (χ1v) is 7.00. The van der Waals surface area contributed by atoms with E-state index in [0.717, 1.165) is 33.7 Å². The second kappa shape index (κ2) is 6.72. The molecule has 2 aromatic rings. The van der Waals surface area contributed by atoms with Crippen LogP contribution in [0.4, 0.5) is 0 Å². The maximum atomic E-state index is 8.84. The Bertz CT molecular complexity index is 620. The zero-order valence-electron chi connectivity index (χ0n) is 10.2. The summed E-state index contributed by atoms with van der Waals surface area (Å²) in [6, 6.07) is 15.5. The van der Waals surface area contributed by atoms with Crippen molar-refractivity contribution in [2.45, 2.75) is 13.1 Å². The number of hydrogen-bond donors (Lipinski definition) is 1. The smallest absolute Gasteiger partial charge is 0.0991 e. The highest BCUT2D eigenvalue weighted by atomic mass is 79.9. The zero-order valence-corrected chi connectivity index (χ0v) is 12.5. The van der Waals surface area contributed by atoms with E-state index >= 15 is 0 Å². The Labute approximate surface area is 126 Å². The first kappa shape index (κ1) is 14.1. The molecule has 96 valence electrons. The van der Waals surface area contributed by atoms with Crippen molar-refractivity contribution in [1.82, 2.24) is 5.32 Å². The van der Waals surface area contributed by atoms with Gasteiger partial charge in [-0.1, -0.05) is 45.7 Å². The summed E-state index contributed by atoms with van der Waals surface area (Å²) >= 11 is 9.39. The number of rotatable bonds is 4. The highest BCUT2D eigenvalue weighted by molar-refractivity contribution is 9.10. The minimum Gasteiger partial charge on any atom is -0.309 e. The molecule has 0 aliphatic rings. The molecule has 0 saturated heterocycles. The van der Waals surface area contributed by atoms with Crippen LogP contribution in [0.15, 0.2) is 46.9 Å². The van der Waals surface area contributed by atoms with Gasteiger partial charge in [0.15, 0.2) is 0 Å². The van der Waals surface area contributed by atoms with Gasteiger partial charge in [0, 0.05) is 22.6 Å². The molecule has 0 saturated carbocycles. The molecule has 2 aromatic carbocycles. The van der Waals surface area contributed by atoms with Gasteiger partial charge in [-0.05, 0) is 35.4 Å². The van der Waals surface area contributed by atoms with Crippen molar-refractivity contribution in [2.75, 3.05) is 0 Å². The molecule has 0 bridgehead atoms. The molecule has 0 aliphatic carbocycles. The van der Waals surface area contributed by atoms with E-state index in [-0.39, 0.29) is 0 Å². The molecule has 0 amide bonds. The van der Waals surface area contributed by atoms with E-state index in [9.17, 15) is 0 Å². The molecule has 2 rings (SSSR count). The number of benzene rings is 2. The average Bonchev–Trinajstić information content (AvgIpc) is 2.41. The normalized spacial score (nSPS) is 10.2. The molecule has 1 N–H and O–H groups in total. The van der Waals surface area contributed by atoms with Crippen LogP contribution >= 0.6 is 27.5 Å². The summed E-state index contributed by atoms with van der Waals surface area (Å²) in [6.07, 6.45) is 0. The van der Waals surface area contributed by atoms with Crippen molar-refractivity contribution < 1.29 is 0 Å². The van der Waals surface area contributed by atoms with Crippen LogP contribution in [-0.2, 0) is 13.1 Å². The number of nitriles is 1. The molecular formula is C15H12BrClN2. The predicted octanol–water partition coefficient (Wildman–Crippen LogP) is 4.26. The summed E-state index contributed by atoms with van der Waals surface area (Å²) in [5.41, 5.74) is 2.94. The summed E-state index contributed by atoms with van der Waals surface area (Å²) < 4.78 is 0.998. The van der Waals surface area contributed by atoms with Crippen molar-refractivity contribution in [1.29, 1.82) is 5.26 Å². The topological polar surface area (TPSA) is 35.8 Å². The van der Waals surface area contributed by atoms with Gasteiger partial charge in [0.05, 0.1) is 11.6 Å². The number of nitrogens with one attached hydrogen (secondary N) is 1. The number of nitrogens with zero attached hydrogens (tertiary/aromatic N) is 1. The molecule has 0 fully saturated rings.